The molecule has 0 bridgehead atoms. The maximum atomic E-state index is 2.93. The van der Waals surface area contributed by atoms with Crippen LogP contribution in [-0.4, -0.2) is 12.3 Å². The molecule has 3 heterocycles. The van der Waals surface area contributed by atoms with E-state index in [2.05, 4.69) is 333 Å². The van der Waals surface area contributed by atoms with Crippen molar-refractivity contribution in [3.8, 4) is 11.1 Å². The normalized spacial score (nSPS) is 18.8. The monoisotopic (exact) mass is 1180 g/mol. The molecule has 14 rings (SSSR count). The van der Waals surface area contributed by atoms with Crippen molar-refractivity contribution < 1.29 is 0 Å². The fourth-order valence-corrected chi connectivity index (χ4v) is 16.6. The molecule has 0 spiro atoms. The Morgan fingerprint density at radius 3 is 1.32 bits per heavy atom. The third-order valence-corrected chi connectivity index (χ3v) is 22.1. The molecule has 0 saturated heterocycles. The van der Waals surface area contributed by atoms with Crippen LogP contribution in [0, 0.1) is 0 Å². The lowest BCUT2D eigenvalue weighted by Gasteiger charge is -2.53. The molecular formula is C85H95BN4. The van der Waals surface area contributed by atoms with Gasteiger partial charge in [0.15, 0.2) is 0 Å². The Bertz CT molecular complexity index is 4210. The second-order valence-corrected chi connectivity index (χ2v) is 33.5. The van der Waals surface area contributed by atoms with Gasteiger partial charge in [0.1, 0.15) is 0 Å². The maximum absolute atomic E-state index is 2.93. The molecule has 2 atom stereocenters. The van der Waals surface area contributed by atoms with Crippen molar-refractivity contribution in [2.24, 2.45) is 0 Å². The summed E-state index contributed by atoms with van der Waals surface area (Å²) in [6, 6.07) is 72.2. The van der Waals surface area contributed by atoms with Crippen LogP contribution in [0.25, 0.3) is 11.1 Å². The van der Waals surface area contributed by atoms with Gasteiger partial charge in [-0.15, -0.1) is 0 Å². The van der Waals surface area contributed by atoms with E-state index in [0.717, 1.165) is 47.0 Å². The van der Waals surface area contributed by atoms with E-state index < -0.39 is 0 Å². The molecule has 9 aromatic rings. The zero-order valence-electron chi connectivity index (χ0n) is 57.5. The number of hydrogen-bond acceptors (Lipinski definition) is 4. The molecule has 458 valence electrons. The van der Waals surface area contributed by atoms with Gasteiger partial charge in [-0.2, -0.15) is 0 Å². The molecule has 2 aliphatic carbocycles. The average Bonchev–Trinajstić information content (AvgIpc) is 1.42. The molecule has 4 nitrogen and oxygen atoms in total. The molecule has 0 radical (unpaired) electrons. The first-order valence-corrected chi connectivity index (χ1v) is 33.7. The minimum absolute atomic E-state index is 0.00399. The third kappa shape index (κ3) is 9.18. The summed E-state index contributed by atoms with van der Waals surface area (Å²) in [5.74, 6) is 0. The molecule has 90 heavy (non-hydrogen) atoms. The van der Waals surface area contributed by atoms with Crippen molar-refractivity contribution in [2.45, 2.75) is 201 Å². The molecule has 2 unspecified atom stereocenters. The molecular weight excluding hydrogens is 1090 g/mol. The van der Waals surface area contributed by atoms with Crippen molar-refractivity contribution in [1.29, 1.82) is 0 Å². The molecule has 0 N–H and O–H groups in total. The number of anilines is 11. The second-order valence-electron chi connectivity index (χ2n) is 33.5. The Labute approximate surface area is 540 Å². The molecule has 0 amide bonds. The average molecular weight is 1180 g/mol. The van der Waals surface area contributed by atoms with Crippen molar-refractivity contribution in [2.75, 3.05) is 19.6 Å². The minimum Gasteiger partial charge on any atom is -0.335 e. The predicted octanol–water partition coefficient (Wildman–Crippen LogP) is 21.8. The van der Waals surface area contributed by atoms with Gasteiger partial charge in [0.25, 0.3) is 6.71 Å². The summed E-state index contributed by atoms with van der Waals surface area (Å²) >= 11 is 0. The standard InChI is InChI=1S/C85H95BN4/c1-78(2,3)54-29-37-59(38-30-54)87(60-39-31-55(32-40-60)79(4,5)6)63-45-46-69-72(51-63)89(71-28-24-26-66-65-25-20-21-27-67(65)83(16,17)75(66)71)73-52-64(88(61-41-33-56(34-42-61)80(7,8)9)62-43-35-57(36-44-62)81(10,11)12)53-74-76(73)86(69)70-50-58(82(13,14)15)49-68-77(70)90(74)85(19)48-23-22-47-84(68,85)18/h20-21,24-46,49-53H,22-23,47-48H2,1-19H3. The maximum Gasteiger partial charge on any atom is 0.252 e. The lowest BCUT2D eigenvalue weighted by molar-refractivity contribution is 0.195. The summed E-state index contributed by atoms with van der Waals surface area (Å²) in [4.78, 5) is 10.8. The number of benzene rings is 9. The van der Waals surface area contributed by atoms with Crippen LogP contribution in [0.4, 0.5) is 62.6 Å². The Hall–Kier alpha value is -7.76. The van der Waals surface area contributed by atoms with Crippen LogP contribution >= 0.6 is 0 Å². The van der Waals surface area contributed by atoms with Crippen LogP contribution in [-0.2, 0) is 37.9 Å². The van der Waals surface area contributed by atoms with Gasteiger partial charge < -0.3 is 19.6 Å². The Balaban J connectivity index is 1.12. The van der Waals surface area contributed by atoms with Gasteiger partial charge in [-0.1, -0.05) is 241 Å². The van der Waals surface area contributed by atoms with Crippen molar-refractivity contribution in [3.63, 3.8) is 0 Å². The summed E-state index contributed by atoms with van der Waals surface area (Å²) in [6.45, 7) is 45.2. The number of fused-ring (bicyclic) bond motifs is 10. The number of hydrogen-bond donors (Lipinski definition) is 0. The zero-order valence-corrected chi connectivity index (χ0v) is 57.5. The summed E-state index contributed by atoms with van der Waals surface area (Å²) in [7, 11) is 0. The van der Waals surface area contributed by atoms with Gasteiger partial charge in [0, 0.05) is 62.0 Å². The summed E-state index contributed by atoms with van der Waals surface area (Å²) in [5.41, 5.74) is 30.4. The highest BCUT2D eigenvalue weighted by Gasteiger charge is 2.62. The first-order valence-electron chi connectivity index (χ1n) is 33.7. The van der Waals surface area contributed by atoms with Gasteiger partial charge in [0.2, 0.25) is 0 Å². The van der Waals surface area contributed by atoms with Gasteiger partial charge in [-0.25, -0.2) is 0 Å². The van der Waals surface area contributed by atoms with E-state index in [9.17, 15) is 0 Å². The van der Waals surface area contributed by atoms with Crippen LogP contribution in [0.3, 0.4) is 0 Å². The molecule has 9 aromatic carbocycles. The van der Waals surface area contributed by atoms with E-state index in [1.165, 1.54) is 113 Å². The quantitative estimate of drug-likeness (QED) is 0.147. The van der Waals surface area contributed by atoms with E-state index in [1.54, 1.807) is 0 Å². The van der Waals surface area contributed by atoms with Crippen LogP contribution in [0.5, 0.6) is 0 Å². The summed E-state index contributed by atoms with van der Waals surface area (Å²) < 4.78 is 0. The highest BCUT2D eigenvalue weighted by Crippen LogP contribution is 2.64. The van der Waals surface area contributed by atoms with E-state index in [1.807, 2.05) is 0 Å². The third-order valence-electron chi connectivity index (χ3n) is 22.1. The lowest BCUT2D eigenvalue weighted by atomic mass is 9.33. The predicted molar refractivity (Wildman–Crippen MR) is 389 cm³/mol. The van der Waals surface area contributed by atoms with Gasteiger partial charge in [-0.3, -0.25) is 0 Å². The van der Waals surface area contributed by atoms with E-state index in [-0.39, 0.29) is 50.2 Å². The molecule has 5 heteroatoms. The SMILES string of the molecule is CC(C)(C)c1ccc(N(c2ccc(C(C)(C)C)cc2)c2ccc3c(c2)N(c2cccc4c2C(C)(C)c2ccccc2-4)c2cc(N(c4ccc(C(C)(C)C)cc4)c4ccc(C(C)(C)C)cc4)cc4c2B3c2cc(C(C)(C)C)cc3c2N4C2(C)CCCCC32C)cc1. The Morgan fingerprint density at radius 1 is 0.367 bits per heavy atom. The van der Waals surface area contributed by atoms with Crippen molar-refractivity contribution >= 4 is 85.7 Å². The number of rotatable bonds is 7. The largest absolute Gasteiger partial charge is 0.335 e. The summed E-state index contributed by atoms with van der Waals surface area (Å²) in [5, 5.41) is 0. The van der Waals surface area contributed by atoms with Gasteiger partial charge in [0.05, 0.1) is 16.9 Å². The molecule has 5 aliphatic rings. The van der Waals surface area contributed by atoms with Crippen LogP contribution < -0.4 is 36.0 Å². The second kappa shape index (κ2) is 20.1. The molecule has 3 aliphatic heterocycles. The van der Waals surface area contributed by atoms with Crippen LogP contribution in [0.15, 0.2) is 182 Å². The van der Waals surface area contributed by atoms with Crippen molar-refractivity contribution in [3.05, 3.63) is 226 Å². The Kier molecular flexibility index (Phi) is 13.4. The lowest BCUT2D eigenvalue weighted by Crippen LogP contribution is -2.64. The first kappa shape index (κ1) is 59.8. The van der Waals surface area contributed by atoms with Gasteiger partial charge >= 0.3 is 0 Å². The molecule has 0 aromatic heterocycles. The smallest absolute Gasteiger partial charge is 0.252 e. The van der Waals surface area contributed by atoms with E-state index >= 15 is 0 Å². The fourth-order valence-electron chi connectivity index (χ4n) is 16.6. The topological polar surface area (TPSA) is 13.0 Å². The fraction of sp³-hybridized carbons (Fsp3) is 0.365. The van der Waals surface area contributed by atoms with Crippen molar-refractivity contribution in [1.82, 2.24) is 0 Å². The van der Waals surface area contributed by atoms with Crippen LogP contribution in [0.1, 0.15) is 202 Å². The summed E-state index contributed by atoms with van der Waals surface area (Å²) in [6.07, 6.45) is 4.70. The highest BCUT2D eigenvalue weighted by atomic mass is 15.3. The highest BCUT2D eigenvalue weighted by molar-refractivity contribution is 7.00. The first-order chi connectivity index (χ1) is 42.3. The van der Waals surface area contributed by atoms with E-state index in [0.29, 0.717) is 0 Å². The van der Waals surface area contributed by atoms with Gasteiger partial charge in [-0.05, 0) is 198 Å². The Morgan fingerprint density at radius 2 is 0.811 bits per heavy atom. The molecule has 1 saturated carbocycles. The van der Waals surface area contributed by atoms with E-state index in [4.69, 9.17) is 0 Å². The number of nitrogens with zero attached hydrogens (tertiary/aromatic N) is 4. The van der Waals surface area contributed by atoms with Crippen LogP contribution in [0.2, 0.25) is 0 Å². The zero-order chi connectivity index (χ0) is 63.8. The minimum atomic E-state index is -0.310. The molecule has 1 fully saturated rings.